The van der Waals surface area contributed by atoms with Gasteiger partial charge in [-0.05, 0) is 26.4 Å². The summed E-state index contributed by atoms with van der Waals surface area (Å²) in [4.78, 5) is 2.15. The van der Waals surface area contributed by atoms with Gasteiger partial charge in [-0.1, -0.05) is 6.58 Å². The van der Waals surface area contributed by atoms with E-state index < -0.39 is 0 Å². The summed E-state index contributed by atoms with van der Waals surface area (Å²) in [6.45, 7) is 5.76. The number of rotatable bonds is 3. The van der Waals surface area contributed by atoms with Gasteiger partial charge in [0.25, 0.3) is 0 Å². The van der Waals surface area contributed by atoms with E-state index in [2.05, 4.69) is 32.5 Å². The smallest absolute Gasteiger partial charge is 0.0564 e. The summed E-state index contributed by atoms with van der Waals surface area (Å²) in [5.41, 5.74) is 0. The van der Waals surface area contributed by atoms with Crippen LogP contribution in [-0.2, 0) is 0 Å². The molecular weight excluding hydrogens is 118 g/mol. The molecule has 0 bridgehead atoms. The van der Waals surface area contributed by atoms with E-state index >= 15 is 0 Å². The summed E-state index contributed by atoms with van der Waals surface area (Å²) in [6, 6.07) is 0. The molecule has 0 fully saturated rings. The van der Waals surface area contributed by atoms with Crippen molar-refractivity contribution >= 4 is 11.8 Å². The number of nitrogens with zero attached hydrogens (tertiary/aromatic N) is 1. The van der Waals surface area contributed by atoms with Gasteiger partial charge in [0.1, 0.15) is 0 Å². The van der Waals surface area contributed by atoms with Gasteiger partial charge in [0.2, 0.25) is 0 Å². The van der Waals surface area contributed by atoms with Gasteiger partial charge in [-0.3, -0.25) is 4.90 Å². The van der Waals surface area contributed by atoms with Crippen LogP contribution in [0.2, 0.25) is 0 Å². The van der Waals surface area contributed by atoms with E-state index in [0.29, 0.717) is 5.37 Å². The van der Waals surface area contributed by atoms with Crippen molar-refractivity contribution in [1.29, 1.82) is 0 Å². The highest BCUT2D eigenvalue weighted by Crippen LogP contribution is 2.11. The van der Waals surface area contributed by atoms with E-state index in [1.54, 1.807) is 11.8 Å². The molecule has 48 valence electrons. The van der Waals surface area contributed by atoms with Gasteiger partial charge in [-0.2, -0.15) is 0 Å². The van der Waals surface area contributed by atoms with Crippen LogP contribution >= 0.6 is 11.8 Å². The lowest BCUT2D eigenvalue weighted by molar-refractivity contribution is 0.403. The largest absolute Gasteiger partial charge is 0.298 e. The van der Waals surface area contributed by atoms with Crippen molar-refractivity contribution in [3.8, 4) is 0 Å². The van der Waals surface area contributed by atoms with E-state index in [-0.39, 0.29) is 0 Å². The molecule has 0 aromatic rings. The van der Waals surface area contributed by atoms with Gasteiger partial charge in [0.05, 0.1) is 5.37 Å². The number of hydrogen-bond acceptors (Lipinski definition) is 2. The maximum Gasteiger partial charge on any atom is 0.0564 e. The highest BCUT2D eigenvalue weighted by atomic mass is 32.2. The summed E-state index contributed by atoms with van der Waals surface area (Å²) < 4.78 is 0. The third kappa shape index (κ3) is 3.10. The molecular formula is C6H13NS. The molecule has 1 atom stereocenters. The van der Waals surface area contributed by atoms with Gasteiger partial charge in [0.15, 0.2) is 0 Å². The molecule has 0 heterocycles. The quantitative estimate of drug-likeness (QED) is 0.537. The minimum Gasteiger partial charge on any atom is -0.298 e. The summed E-state index contributed by atoms with van der Waals surface area (Å²) in [6.07, 6.45) is 0. The molecule has 0 aliphatic heterocycles. The van der Waals surface area contributed by atoms with Crippen molar-refractivity contribution in [3.05, 3.63) is 12.0 Å². The maximum absolute atomic E-state index is 3.62. The van der Waals surface area contributed by atoms with E-state index in [1.807, 2.05) is 5.41 Å². The second kappa shape index (κ2) is 3.98. The lowest BCUT2D eigenvalue weighted by Crippen LogP contribution is -2.20. The highest BCUT2D eigenvalue weighted by molar-refractivity contribution is 8.02. The SMILES string of the molecule is C=CSC(C)N(C)C. The van der Waals surface area contributed by atoms with Crippen LogP contribution in [-0.4, -0.2) is 24.4 Å². The molecule has 1 nitrogen and oxygen atoms in total. The van der Waals surface area contributed by atoms with Crippen LogP contribution in [0.25, 0.3) is 0 Å². The first-order valence-electron chi connectivity index (χ1n) is 2.61. The molecule has 0 spiro atoms. The minimum absolute atomic E-state index is 0.549. The summed E-state index contributed by atoms with van der Waals surface area (Å²) in [7, 11) is 4.11. The van der Waals surface area contributed by atoms with Crippen molar-refractivity contribution in [3.63, 3.8) is 0 Å². The third-order valence-electron chi connectivity index (χ3n) is 1.02. The minimum atomic E-state index is 0.549. The Morgan fingerprint density at radius 2 is 2.12 bits per heavy atom. The second-order valence-electron chi connectivity index (χ2n) is 1.87. The molecule has 0 saturated heterocycles. The van der Waals surface area contributed by atoms with Crippen LogP contribution in [0.1, 0.15) is 6.92 Å². The van der Waals surface area contributed by atoms with Gasteiger partial charge in [0, 0.05) is 0 Å². The lowest BCUT2D eigenvalue weighted by atomic mass is 10.7. The van der Waals surface area contributed by atoms with Gasteiger partial charge < -0.3 is 0 Å². The van der Waals surface area contributed by atoms with Crippen molar-refractivity contribution in [1.82, 2.24) is 4.90 Å². The fourth-order valence-corrected chi connectivity index (χ4v) is 0.783. The van der Waals surface area contributed by atoms with E-state index in [1.165, 1.54) is 0 Å². The Morgan fingerprint density at radius 3 is 2.25 bits per heavy atom. The first-order valence-corrected chi connectivity index (χ1v) is 3.55. The van der Waals surface area contributed by atoms with E-state index in [9.17, 15) is 0 Å². The van der Waals surface area contributed by atoms with Crippen LogP contribution in [0.3, 0.4) is 0 Å². The third-order valence-corrected chi connectivity index (χ3v) is 2.03. The Bertz CT molecular complexity index is 70.9. The molecule has 0 aliphatic carbocycles. The number of thioether (sulfide) groups is 1. The molecule has 0 saturated carbocycles. The van der Waals surface area contributed by atoms with E-state index in [0.717, 1.165) is 0 Å². The van der Waals surface area contributed by atoms with Gasteiger partial charge in [-0.25, -0.2) is 0 Å². The Balaban J connectivity index is 3.30. The molecule has 0 N–H and O–H groups in total. The fraction of sp³-hybridized carbons (Fsp3) is 0.667. The first kappa shape index (κ1) is 8.05. The summed E-state index contributed by atoms with van der Waals surface area (Å²) in [5, 5.41) is 2.41. The normalized spacial score (nSPS) is 14.0. The Kier molecular flexibility index (Phi) is 4.01. The number of hydrogen-bond donors (Lipinski definition) is 0. The molecule has 2 heteroatoms. The zero-order valence-corrected chi connectivity index (χ0v) is 6.53. The summed E-state index contributed by atoms with van der Waals surface area (Å²) in [5.74, 6) is 0. The van der Waals surface area contributed by atoms with Gasteiger partial charge in [-0.15, -0.1) is 11.8 Å². The highest BCUT2D eigenvalue weighted by Gasteiger charge is 1.99. The molecule has 1 unspecified atom stereocenters. The van der Waals surface area contributed by atoms with Crippen LogP contribution < -0.4 is 0 Å². The molecule has 0 aromatic carbocycles. The van der Waals surface area contributed by atoms with Gasteiger partial charge >= 0.3 is 0 Å². The monoisotopic (exact) mass is 131 g/mol. The standard InChI is InChI=1S/C6H13NS/c1-5-8-6(2)7(3)4/h5-6H,1H2,2-4H3. The van der Waals surface area contributed by atoms with Crippen molar-refractivity contribution in [2.24, 2.45) is 0 Å². The predicted octanol–water partition coefficient (Wildman–Crippen LogP) is 1.77. The summed E-state index contributed by atoms with van der Waals surface area (Å²) >= 11 is 1.73. The van der Waals surface area contributed by atoms with Crippen LogP contribution in [0.4, 0.5) is 0 Å². The van der Waals surface area contributed by atoms with Crippen molar-refractivity contribution < 1.29 is 0 Å². The molecule has 0 rings (SSSR count). The van der Waals surface area contributed by atoms with Crippen LogP contribution in [0.15, 0.2) is 12.0 Å². The molecule has 0 aromatic heterocycles. The van der Waals surface area contributed by atoms with Crippen molar-refractivity contribution in [2.75, 3.05) is 14.1 Å². The molecule has 0 amide bonds. The van der Waals surface area contributed by atoms with E-state index in [4.69, 9.17) is 0 Å². The zero-order chi connectivity index (χ0) is 6.57. The predicted molar refractivity (Wildman–Crippen MR) is 40.9 cm³/mol. The fourth-order valence-electron chi connectivity index (χ4n) is 0.261. The van der Waals surface area contributed by atoms with Crippen molar-refractivity contribution in [2.45, 2.75) is 12.3 Å². The molecule has 0 radical (unpaired) electrons. The zero-order valence-electron chi connectivity index (χ0n) is 5.72. The first-order chi connectivity index (χ1) is 3.68. The Hall–Kier alpha value is 0.0500. The second-order valence-corrected chi connectivity index (χ2v) is 3.15. The molecule has 8 heavy (non-hydrogen) atoms. The maximum atomic E-state index is 3.62. The van der Waals surface area contributed by atoms with Crippen LogP contribution in [0, 0.1) is 0 Å². The average Bonchev–Trinajstić information content (AvgIpc) is 1.67. The molecule has 0 aliphatic rings. The Labute approximate surface area is 55.8 Å². The lowest BCUT2D eigenvalue weighted by Gasteiger charge is -2.16. The average molecular weight is 131 g/mol. The van der Waals surface area contributed by atoms with Crippen LogP contribution in [0.5, 0.6) is 0 Å². The Morgan fingerprint density at radius 1 is 1.62 bits per heavy atom. The topological polar surface area (TPSA) is 3.24 Å².